The number of ether oxygens (including phenoxy) is 1. The molecule has 100 valence electrons. The van der Waals surface area contributed by atoms with E-state index in [1.807, 2.05) is 0 Å². The van der Waals surface area contributed by atoms with Gasteiger partial charge in [-0.05, 0) is 25.7 Å². The SMILES string of the molecule is O=C(CC1=CCCCC1)NC1COCC1C(=O)O. The minimum Gasteiger partial charge on any atom is -0.481 e. The second kappa shape index (κ2) is 6.00. The first-order valence-electron chi connectivity index (χ1n) is 6.44. The summed E-state index contributed by atoms with van der Waals surface area (Å²) in [5, 5.41) is 11.7. The van der Waals surface area contributed by atoms with Crippen LogP contribution in [-0.2, 0) is 14.3 Å². The Morgan fingerprint density at radius 3 is 2.89 bits per heavy atom. The fourth-order valence-corrected chi connectivity index (χ4v) is 2.47. The highest BCUT2D eigenvalue weighted by atomic mass is 16.5. The molecule has 0 bridgehead atoms. The zero-order valence-corrected chi connectivity index (χ0v) is 10.4. The number of allylic oxidation sites excluding steroid dienone is 1. The summed E-state index contributed by atoms with van der Waals surface area (Å²) in [7, 11) is 0. The summed E-state index contributed by atoms with van der Waals surface area (Å²) in [4.78, 5) is 22.8. The first-order valence-corrected chi connectivity index (χ1v) is 6.44. The molecule has 2 N–H and O–H groups in total. The number of carboxylic acids is 1. The number of carboxylic acid groups (broad SMARTS) is 1. The quantitative estimate of drug-likeness (QED) is 0.735. The number of aliphatic carboxylic acids is 1. The van der Waals surface area contributed by atoms with E-state index in [2.05, 4.69) is 11.4 Å². The summed E-state index contributed by atoms with van der Waals surface area (Å²) in [6.45, 7) is 0.477. The van der Waals surface area contributed by atoms with Gasteiger partial charge in [-0.1, -0.05) is 11.6 Å². The van der Waals surface area contributed by atoms with E-state index in [0.717, 1.165) is 19.3 Å². The Bertz CT molecular complexity index is 364. The first-order chi connectivity index (χ1) is 8.66. The van der Waals surface area contributed by atoms with E-state index in [1.165, 1.54) is 12.0 Å². The van der Waals surface area contributed by atoms with Crippen LogP contribution in [0.1, 0.15) is 32.1 Å². The Kier molecular flexibility index (Phi) is 4.36. The van der Waals surface area contributed by atoms with Crippen molar-refractivity contribution >= 4 is 11.9 Å². The van der Waals surface area contributed by atoms with Crippen LogP contribution in [0.5, 0.6) is 0 Å². The van der Waals surface area contributed by atoms with Gasteiger partial charge in [-0.3, -0.25) is 9.59 Å². The molecule has 18 heavy (non-hydrogen) atoms. The average molecular weight is 253 g/mol. The minimum absolute atomic E-state index is 0.0927. The largest absolute Gasteiger partial charge is 0.481 e. The van der Waals surface area contributed by atoms with Gasteiger partial charge >= 0.3 is 5.97 Å². The van der Waals surface area contributed by atoms with Crippen LogP contribution in [0.3, 0.4) is 0 Å². The second-order valence-corrected chi connectivity index (χ2v) is 4.94. The van der Waals surface area contributed by atoms with Crippen molar-refractivity contribution in [3.8, 4) is 0 Å². The van der Waals surface area contributed by atoms with Crippen molar-refractivity contribution in [3.05, 3.63) is 11.6 Å². The van der Waals surface area contributed by atoms with Gasteiger partial charge in [0.05, 0.1) is 19.3 Å². The lowest BCUT2D eigenvalue weighted by atomic mass is 9.96. The number of amides is 1. The van der Waals surface area contributed by atoms with Gasteiger partial charge in [0.15, 0.2) is 0 Å². The molecule has 2 atom stereocenters. The van der Waals surface area contributed by atoms with Gasteiger partial charge in [0.2, 0.25) is 5.91 Å². The van der Waals surface area contributed by atoms with Crippen molar-refractivity contribution in [1.82, 2.24) is 5.32 Å². The van der Waals surface area contributed by atoms with Crippen molar-refractivity contribution in [2.45, 2.75) is 38.1 Å². The molecule has 0 aromatic rings. The molecule has 1 fully saturated rings. The molecular formula is C13H19NO4. The molecule has 5 heteroatoms. The van der Waals surface area contributed by atoms with E-state index in [0.29, 0.717) is 13.0 Å². The van der Waals surface area contributed by atoms with Gasteiger partial charge in [0, 0.05) is 6.42 Å². The molecular weight excluding hydrogens is 234 g/mol. The maximum Gasteiger partial charge on any atom is 0.311 e. The maximum absolute atomic E-state index is 11.8. The predicted molar refractivity (Wildman–Crippen MR) is 65.0 cm³/mol. The van der Waals surface area contributed by atoms with Crippen LogP contribution in [0.15, 0.2) is 11.6 Å². The van der Waals surface area contributed by atoms with Gasteiger partial charge in [0.25, 0.3) is 0 Å². The number of carbonyl (C=O) groups excluding carboxylic acids is 1. The smallest absolute Gasteiger partial charge is 0.311 e. The number of carbonyl (C=O) groups is 2. The van der Waals surface area contributed by atoms with Crippen LogP contribution < -0.4 is 5.32 Å². The molecule has 1 amide bonds. The number of rotatable bonds is 4. The summed E-state index contributed by atoms with van der Waals surface area (Å²) < 4.78 is 5.11. The molecule has 1 saturated heterocycles. The molecule has 0 radical (unpaired) electrons. The molecule has 0 saturated carbocycles. The lowest BCUT2D eigenvalue weighted by Gasteiger charge is -2.17. The third kappa shape index (κ3) is 3.32. The van der Waals surface area contributed by atoms with E-state index in [4.69, 9.17) is 9.84 Å². The molecule has 1 aliphatic carbocycles. The van der Waals surface area contributed by atoms with Gasteiger partial charge in [-0.15, -0.1) is 0 Å². The molecule has 5 nitrogen and oxygen atoms in total. The Labute approximate surface area is 106 Å². The van der Waals surface area contributed by atoms with E-state index in [9.17, 15) is 9.59 Å². The van der Waals surface area contributed by atoms with Crippen LogP contribution in [0.25, 0.3) is 0 Å². The fraction of sp³-hybridized carbons (Fsp3) is 0.692. The van der Waals surface area contributed by atoms with E-state index >= 15 is 0 Å². The minimum atomic E-state index is -0.908. The van der Waals surface area contributed by atoms with Crippen LogP contribution >= 0.6 is 0 Å². The third-order valence-electron chi connectivity index (χ3n) is 3.52. The van der Waals surface area contributed by atoms with Crippen molar-refractivity contribution in [2.24, 2.45) is 5.92 Å². The van der Waals surface area contributed by atoms with Crippen molar-refractivity contribution in [3.63, 3.8) is 0 Å². The molecule has 1 aliphatic heterocycles. The molecule has 1 heterocycles. The molecule has 0 spiro atoms. The van der Waals surface area contributed by atoms with Crippen LogP contribution in [0.2, 0.25) is 0 Å². The zero-order valence-electron chi connectivity index (χ0n) is 10.4. The molecule has 2 rings (SSSR count). The normalized spacial score (nSPS) is 27.7. The average Bonchev–Trinajstić information content (AvgIpc) is 2.78. The van der Waals surface area contributed by atoms with Crippen molar-refractivity contribution < 1.29 is 19.4 Å². The Morgan fingerprint density at radius 1 is 1.39 bits per heavy atom. The van der Waals surface area contributed by atoms with Crippen LogP contribution in [-0.4, -0.2) is 36.2 Å². The highest BCUT2D eigenvalue weighted by Gasteiger charge is 2.34. The topological polar surface area (TPSA) is 75.6 Å². The van der Waals surface area contributed by atoms with Gasteiger partial charge in [0.1, 0.15) is 5.92 Å². The van der Waals surface area contributed by atoms with Crippen molar-refractivity contribution in [1.29, 1.82) is 0 Å². The second-order valence-electron chi connectivity index (χ2n) is 4.94. The molecule has 2 aliphatic rings. The number of hydrogen-bond donors (Lipinski definition) is 2. The summed E-state index contributed by atoms with van der Waals surface area (Å²) in [5.74, 6) is -1.62. The number of hydrogen-bond acceptors (Lipinski definition) is 3. The van der Waals surface area contributed by atoms with Gasteiger partial charge in [-0.2, -0.15) is 0 Å². The molecule has 2 unspecified atom stereocenters. The standard InChI is InChI=1S/C13H19NO4/c15-12(6-9-4-2-1-3-5-9)14-11-8-18-7-10(11)13(16)17/h4,10-11H,1-3,5-8H2,(H,14,15)(H,16,17). The highest BCUT2D eigenvalue weighted by molar-refractivity contribution is 5.80. The molecule has 0 aromatic heterocycles. The van der Waals surface area contributed by atoms with E-state index in [1.54, 1.807) is 0 Å². The predicted octanol–water partition coefficient (Wildman–Crippen LogP) is 1.09. The van der Waals surface area contributed by atoms with Gasteiger partial charge in [-0.25, -0.2) is 0 Å². The summed E-state index contributed by atoms with van der Waals surface area (Å²) in [6.07, 6.45) is 6.89. The Balaban J connectivity index is 1.83. The zero-order chi connectivity index (χ0) is 13.0. The highest BCUT2D eigenvalue weighted by Crippen LogP contribution is 2.20. The van der Waals surface area contributed by atoms with E-state index < -0.39 is 11.9 Å². The van der Waals surface area contributed by atoms with Crippen LogP contribution in [0.4, 0.5) is 0 Å². The molecule has 0 aromatic carbocycles. The van der Waals surface area contributed by atoms with Crippen LogP contribution in [0, 0.1) is 5.92 Å². The Hall–Kier alpha value is -1.36. The maximum atomic E-state index is 11.8. The lowest BCUT2D eigenvalue weighted by molar-refractivity contribution is -0.142. The third-order valence-corrected chi connectivity index (χ3v) is 3.52. The van der Waals surface area contributed by atoms with Gasteiger partial charge < -0.3 is 15.2 Å². The summed E-state index contributed by atoms with van der Waals surface area (Å²) in [5.41, 5.74) is 1.17. The Morgan fingerprint density at radius 2 is 2.22 bits per heavy atom. The summed E-state index contributed by atoms with van der Waals surface area (Å²) >= 11 is 0. The summed E-state index contributed by atoms with van der Waals surface area (Å²) in [6, 6.07) is -0.390. The lowest BCUT2D eigenvalue weighted by Crippen LogP contribution is -2.42. The number of nitrogens with one attached hydrogen (secondary N) is 1. The first kappa shape index (κ1) is 13.1. The van der Waals surface area contributed by atoms with E-state index in [-0.39, 0.29) is 18.6 Å². The monoisotopic (exact) mass is 253 g/mol. The fourth-order valence-electron chi connectivity index (χ4n) is 2.47. The van der Waals surface area contributed by atoms with Crippen molar-refractivity contribution in [2.75, 3.05) is 13.2 Å².